The highest BCUT2D eigenvalue weighted by molar-refractivity contribution is 5.95. The first-order valence-corrected chi connectivity index (χ1v) is 7.52. The van der Waals surface area contributed by atoms with Crippen molar-refractivity contribution in [3.63, 3.8) is 0 Å². The van der Waals surface area contributed by atoms with Gasteiger partial charge in [-0.25, -0.2) is 4.79 Å². The molecule has 5 N–H and O–H groups in total. The number of primary amides is 1. The number of nitrogens with two attached hydrogens (primary N) is 1. The molecule has 0 atom stereocenters. The van der Waals surface area contributed by atoms with Crippen LogP contribution in [0.15, 0.2) is 6.07 Å². The van der Waals surface area contributed by atoms with E-state index in [4.69, 9.17) is 15.6 Å². The molecule has 0 spiro atoms. The van der Waals surface area contributed by atoms with Crippen molar-refractivity contribution in [3.05, 3.63) is 17.2 Å². The van der Waals surface area contributed by atoms with Gasteiger partial charge in [0.15, 0.2) is 0 Å². The molecular formula is C15H22N4O4. The van der Waals surface area contributed by atoms with E-state index in [1.165, 1.54) is 7.11 Å². The molecule has 126 valence electrons. The minimum Gasteiger partial charge on any atom is -0.480 e. The first kappa shape index (κ1) is 16.9. The number of hydrogen-bond donors (Lipinski definition) is 4. The molecule has 1 aromatic rings. The monoisotopic (exact) mass is 322 g/mol. The van der Waals surface area contributed by atoms with Gasteiger partial charge in [-0.3, -0.25) is 4.79 Å². The van der Waals surface area contributed by atoms with Gasteiger partial charge in [0.25, 0.3) is 5.91 Å². The Bertz CT molecular complexity index is 597. The number of anilines is 1. The van der Waals surface area contributed by atoms with Crippen molar-refractivity contribution >= 4 is 17.8 Å². The number of ether oxygens (including phenoxy) is 1. The van der Waals surface area contributed by atoms with Gasteiger partial charge in [0, 0.05) is 12.1 Å². The van der Waals surface area contributed by atoms with Crippen molar-refractivity contribution in [1.29, 1.82) is 0 Å². The van der Waals surface area contributed by atoms with Gasteiger partial charge in [0.05, 0.1) is 7.11 Å². The van der Waals surface area contributed by atoms with Crippen LogP contribution in [0.25, 0.3) is 0 Å². The summed E-state index contributed by atoms with van der Waals surface area (Å²) >= 11 is 0. The Hall–Kier alpha value is -2.51. The van der Waals surface area contributed by atoms with Gasteiger partial charge in [-0.05, 0) is 44.2 Å². The Labute approximate surface area is 134 Å². The molecule has 0 aromatic carbocycles. The topological polar surface area (TPSA) is 127 Å². The van der Waals surface area contributed by atoms with Crippen LogP contribution in [-0.2, 0) is 0 Å². The second-order valence-corrected chi connectivity index (χ2v) is 5.72. The molecule has 1 saturated carbocycles. The molecule has 23 heavy (non-hydrogen) atoms. The van der Waals surface area contributed by atoms with Crippen LogP contribution in [0.1, 0.15) is 41.6 Å². The van der Waals surface area contributed by atoms with Crippen molar-refractivity contribution < 1.29 is 19.4 Å². The molecule has 1 aromatic heterocycles. The van der Waals surface area contributed by atoms with Crippen LogP contribution in [0.2, 0.25) is 0 Å². The lowest BCUT2D eigenvalue weighted by Gasteiger charge is -2.29. The summed E-state index contributed by atoms with van der Waals surface area (Å²) in [5.41, 5.74) is 6.38. The van der Waals surface area contributed by atoms with E-state index in [2.05, 4.69) is 15.6 Å². The fourth-order valence-electron chi connectivity index (χ4n) is 2.82. The van der Waals surface area contributed by atoms with Gasteiger partial charge in [0.1, 0.15) is 11.4 Å². The molecular weight excluding hydrogens is 300 g/mol. The van der Waals surface area contributed by atoms with Crippen LogP contribution < -0.4 is 21.1 Å². The summed E-state index contributed by atoms with van der Waals surface area (Å²) in [6, 6.07) is 1.87. The van der Waals surface area contributed by atoms with E-state index in [-0.39, 0.29) is 23.5 Å². The van der Waals surface area contributed by atoms with E-state index >= 15 is 0 Å². The molecule has 2 rings (SSSR count). The third kappa shape index (κ3) is 4.24. The molecule has 1 aliphatic carbocycles. The summed E-state index contributed by atoms with van der Waals surface area (Å²) in [6.45, 7) is 1.85. The standard InChI is InChI=1S/C15H22N4O4/c1-8-7-11(12(16)20)14(23-2)19-13(8)17-9-3-5-10(6-4-9)18-15(21)22/h7,9-10,18H,3-6H2,1-2H3,(H2,16,20)(H,17,19)(H,21,22)/t9-,10-. The molecule has 8 nitrogen and oxygen atoms in total. The van der Waals surface area contributed by atoms with Crippen LogP contribution in [0.4, 0.5) is 10.6 Å². The Kier molecular flexibility index (Phi) is 5.25. The number of aromatic nitrogens is 1. The Morgan fingerprint density at radius 2 is 1.91 bits per heavy atom. The number of nitrogens with one attached hydrogen (secondary N) is 2. The number of aryl methyl sites for hydroxylation is 1. The Balaban J connectivity index is 2.04. The number of carbonyl (C=O) groups excluding carboxylic acids is 1. The predicted molar refractivity (Wildman–Crippen MR) is 84.9 cm³/mol. The number of rotatable bonds is 5. The van der Waals surface area contributed by atoms with Gasteiger partial charge in [-0.2, -0.15) is 4.98 Å². The van der Waals surface area contributed by atoms with E-state index in [1.54, 1.807) is 6.07 Å². The van der Waals surface area contributed by atoms with Gasteiger partial charge in [-0.15, -0.1) is 0 Å². The SMILES string of the molecule is COc1nc(N[C@H]2CC[C@H](NC(=O)O)CC2)c(C)cc1C(N)=O. The third-order valence-electron chi connectivity index (χ3n) is 4.03. The van der Waals surface area contributed by atoms with E-state index in [1.807, 2.05) is 6.92 Å². The summed E-state index contributed by atoms with van der Waals surface area (Å²) in [5, 5.41) is 14.6. The van der Waals surface area contributed by atoms with Gasteiger partial charge < -0.3 is 26.2 Å². The molecule has 0 unspecified atom stereocenters. The number of carboxylic acid groups (broad SMARTS) is 1. The van der Waals surface area contributed by atoms with E-state index in [0.29, 0.717) is 5.82 Å². The van der Waals surface area contributed by atoms with Crippen LogP contribution in [-0.4, -0.2) is 41.3 Å². The Morgan fingerprint density at radius 3 is 2.43 bits per heavy atom. The second kappa shape index (κ2) is 7.17. The fraction of sp³-hybridized carbons (Fsp3) is 0.533. The smallest absolute Gasteiger partial charge is 0.404 e. The van der Waals surface area contributed by atoms with Crippen LogP contribution in [0.5, 0.6) is 5.88 Å². The van der Waals surface area contributed by atoms with E-state index in [0.717, 1.165) is 31.2 Å². The average Bonchev–Trinajstić information content (AvgIpc) is 2.50. The van der Waals surface area contributed by atoms with Crippen LogP contribution in [0.3, 0.4) is 0 Å². The average molecular weight is 322 g/mol. The summed E-state index contributed by atoms with van der Waals surface area (Å²) < 4.78 is 5.13. The minimum atomic E-state index is -0.981. The summed E-state index contributed by atoms with van der Waals surface area (Å²) in [4.78, 5) is 26.4. The maximum atomic E-state index is 11.4. The van der Waals surface area contributed by atoms with Crippen molar-refractivity contribution in [3.8, 4) is 5.88 Å². The lowest BCUT2D eigenvalue weighted by Crippen LogP contribution is -2.39. The molecule has 1 heterocycles. The highest BCUT2D eigenvalue weighted by Crippen LogP contribution is 2.26. The lowest BCUT2D eigenvalue weighted by molar-refractivity contribution is 0.0996. The molecule has 2 amide bonds. The number of pyridine rings is 1. The fourth-order valence-corrected chi connectivity index (χ4v) is 2.82. The maximum absolute atomic E-state index is 11.4. The van der Waals surface area contributed by atoms with Crippen LogP contribution in [0, 0.1) is 6.92 Å². The van der Waals surface area contributed by atoms with Crippen molar-refractivity contribution in [2.45, 2.75) is 44.7 Å². The normalized spacial score (nSPS) is 20.6. The summed E-state index contributed by atoms with van der Waals surface area (Å²) in [5.74, 6) is 0.276. The zero-order valence-corrected chi connectivity index (χ0v) is 13.3. The predicted octanol–water partition coefficient (Wildman–Crippen LogP) is 1.49. The summed E-state index contributed by atoms with van der Waals surface area (Å²) in [6.07, 6.45) is 2.25. The van der Waals surface area contributed by atoms with Crippen molar-refractivity contribution in [2.24, 2.45) is 5.73 Å². The van der Waals surface area contributed by atoms with E-state index < -0.39 is 12.0 Å². The lowest BCUT2D eigenvalue weighted by atomic mass is 9.91. The largest absolute Gasteiger partial charge is 0.480 e. The second-order valence-electron chi connectivity index (χ2n) is 5.72. The minimum absolute atomic E-state index is 0.00591. The van der Waals surface area contributed by atoms with Gasteiger partial charge in [-0.1, -0.05) is 0 Å². The number of carbonyl (C=O) groups is 2. The molecule has 1 aliphatic rings. The van der Waals surface area contributed by atoms with Crippen molar-refractivity contribution in [1.82, 2.24) is 10.3 Å². The number of amides is 2. The molecule has 0 bridgehead atoms. The highest BCUT2D eigenvalue weighted by Gasteiger charge is 2.23. The number of methoxy groups -OCH3 is 1. The quantitative estimate of drug-likeness (QED) is 0.650. The first-order chi connectivity index (χ1) is 10.9. The molecule has 1 fully saturated rings. The number of nitrogens with zero attached hydrogens (tertiary/aromatic N) is 1. The third-order valence-corrected chi connectivity index (χ3v) is 4.03. The molecule has 0 saturated heterocycles. The zero-order valence-electron chi connectivity index (χ0n) is 13.3. The molecule has 8 heteroatoms. The highest BCUT2D eigenvalue weighted by atomic mass is 16.5. The van der Waals surface area contributed by atoms with Gasteiger partial charge >= 0.3 is 6.09 Å². The van der Waals surface area contributed by atoms with Crippen LogP contribution >= 0.6 is 0 Å². The number of hydrogen-bond acceptors (Lipinski definition) is 5. The van der Waals surface area contributed by atoms with Crippen molar-refractivity contribution in [2.75, 3.05) is 12.4 Å². The maximum Gasteiger partial charge on any atom is 0.404 e. The Morgan fingerprint density at radius 1 is 1.30 bits per heavy atom. The first-order valence-electron chi connectivity index (χ1n) is 7.52. The zero-order chi connectivity index (χ0) is 17.0. The molecule has 0 radical (unpaired) electrons. The summed E-state index contributed by atoms with van der Waals surface area (Å²) in [7, 11) is 1.44. The van der Waals surface area contributed by atoms with E-state index in [9.17, 15) is 9.59 Å². The molecule has 0 aliphatic heterocycles. The van der Waals surface area contributed by atoms with Gasteiger partial charge in [0.2, 0.25) is 5.88 Å².